The minimum Gasteiger partial charge on any atom is -0.370 e. The fourth-order valence-electron chi connectivity index (χ4n) is 4.51. The smallest absolute Gasteiger partial charge is 0.261 e. The van der Waals surface area contributed by atoms with Crippen molar-refractivity contribution in [2.45, 2.75) is 25.8 Å². The number of hydrogen-bond acceptors (Lipinski definition) is 5. The topological polar surface area (TPSA) is 79.0 Å². The highest BCUT2D eigenvalue weighted by atomic mass is 79.9. The van der Waals surface area contributed by atoms with Crippen LogP contribution in [-0.2, 0) is 14.3 Å². The molecule has 1 spiro atoms. The zero-order valence-electron chi connectivity index (χ0n) is 17.0. The van der Waals surface area contributed by atoms with Crippen LogP contribution in [0.1, 0.15) is 28.1 Å². The molecule has 5 rings (SSSR count). The Bertz CT molecular complexity index is 1080. The summed E-state index contributed by atoms with van der Waals surface area (Å²) in [7, 11) is 0. The maximum atomic E-state index is 13.3. The second kappa shape index (κ2) is 7.72. The Hall–Kier alpha value is -2.23. The molecule has 162 valence electrons. The molecular formula is C22H22BrN3O4S. The number of ether oxygens (including phenoxy) is 1. The van der Waals surface area contributed by atoms with Crippen molar-refractivity contribution in [3.63, 3.8) is 0 Å². The summed E-state index contributed by atoms with van der Waals surface area (Å²) in [5, 5.41) is 3.10. The molecule has 31 heavy (non-hydrogen) atoms. The van der Waals surface area contributed by atoms with Gasteiger partial charge in [0.25, 0.3) is 11.8 Å². The molecule has 1 N–H and O–H groups in total. The molecule has 3 fully saturated rings. The third-order valence-corrected chi connectivity index (χ3v) is 7.99. The van der Waals surface area contributed by atoms with Crippen molar-refractivity contribution in [2.24, 2.45) is 5.41 Å². The van der Waals surface area contributed by atoms with Crippen LogP contribution < -0.4 is 15.1 Å². The lowest BCUT2D eigenvalue weighted by Gasteiger charge is -2.29. The number of anilines is 2. The quantitative estimate of drug-likeness (QED) is 0.695. The number of nitrogens with one attached hydrogen (secondary N) is 1. The SMILES string of the molecule is Cc1cc(N2CC(NC(=O)c3ccc(Br)s3)C3(CC3)C2=O)ccc1N1CCOCC1=O. The van der Waals surface area contributed by atoms with Gasteiger partial charge in [0.15, 0.2) is 0 Å². The van der Waals surface area contributed by atoms with E-state index in [2.05, 4.69) is 21.2 Å². The van der Waals surface area contributed by atoms with Crippen molar-refractivity contribution >= 4 is 56.4 Å². The monoisotopic (exact) mass is 503 g/mol. The predicted molar refractivity (Wildman–Crippen MR) is 122 cm³/mol. The van der Waals surface area contributed by atoms with Crippen LogP contribution in [0.4, 0.5) is 11.4 Å². The van der Waals surface area contributed by atoms with Gasteiger partial charge < -0.3 is 19.9 Å². The first-order valence-corrected chi connectivity index (χ1v) is 11.9. The Labute approximate surface area is 192 Å². The van der Waals surface area contributed by atoms with Crippen LogP contribution >= 0.6 is 27.3 Å². The molecule has 0 bridgehead atoms. The van der Waals surface area contributed by atoms with Gasteiger partial charge in [-0.15, -0.1) is 11.3 Å². The standard InChI is InChI=1S/C22H22BrN3O4S/c1-13-10-14(2-3-15(13)25-8-9-30-12-19(25)27)26-11-17(22(6-7-22)21(26)29)24-20(28)16-4-5-18(23)31-16/h2-5,10,17H,6-9,11-12H2,1H3,(H,24,28). The number of halogens is 1. The summed E-state index contributed by atoms with van der Waals surface area (Å²) in [5.74, 6) is -0.127. The number of carbonyl (C=O) groups is 3. The molecule has 0 radical (unpaired) electrons. The number of hydrogen-bond donors (Lipinski definition) is 1. The van der Waals surface area contributed by atoms with Crippen LogP contribution in [-0.4, -0.2) is 50.1 Å². The van der Waals surface area contributed by atoms with Gasteiger partial charge in [0.1, 0.15) is 6.61 Å². The molecule has 2 aliphatic heterocycles. The highest BCUT2D eigenvalue weighted by molar-refractivity contribution is 9.11. The van der Waals surface area contributed by atoms with Crippen LogP contribution in [0.5, 0.6) is 0 Å². The van der Waals surface area contributed by atoms with E-state index in [1.165, 1.54) is 11.3 Å². The summed E-state index contributed by atoms with van der Waals surface area (Å²) < 4.78 is 6.12. The Balaban J connectivity index is 1.36. The van der Waals surface area contributed by atoms with Crippen molar-refractivity contribution in [1.29, 1.82) is 0 Å². The fourth-order valence-corrected chi connectivity index (χ4v) is 5.80. The molecule has 3 amide bonds. The zero-order valence-corrected chi connectivity index (χ0v) is 19.4. The maximum Gasteiger partial charge on any atom is 0.261 e. The van der Waals surface area contributed by atoms with E-state index in [1.807, 2.05) is 31.2 Å². The molecule has 1 atom stereocenters. The van der Waals surface area contributed by atoms with Crippen molar-refractivity contribution in [3.8, 4) is 0 Å². The Kier molecular flexibility index (Phi) is 5.15. The lowest BCUT2D eigenvalue weighted by atomic mass is 10.00. The Morgan fingerprint density at radius 1 is 1.23 bits per heavy atom. The number of aryl methyl sites for hydroxylation is 1. The number of thiophene rings is 1. The molecule has 2 aromatic rings. The van der Waals surface area contributed by atoms with Crippen LogP contribution in [0.2, 0.25) is 0 Å². The van der Waals surface area contributed by atoms with E-state index in [0.717, 1.165) is 33.6 Å². The molecule has 1 saturated carbocycles. The predicted octanol–water partition coefficient (Wildman–Crippen LogP) is 3.11. The number of amides is 3. The van der Waals surface area contributed by atoms with E-state index in [0.29, 0.717) is 24.6 Å². The van der Waals surface area contributed by atoms with E-state index in [4.69, 9.17) is 4.74 Å². The van der Waals surface area contributed by atoms with Gasteiger partial charge in [0, 0.05) is 24.5 Å². The van der Waals surface area contributed by atoms with Crippen molar-refractivity contribution < 1.29 is 19.1 Å². The molecule has 3 aliphatic rings. The second-order valence-corrected chi connectivity index (χ2v) is 10.7. The van der Waals surface area contributed by atoms with Gasteiger partial charge in [-0.2, -0.15) is 0 Å². The van der Waals surface area contributed by atoms with Crippen molar-refractivity contribution in [3.05, 3.63) is 44.6 Å². The molecule has 7 nitrogen and oxygen atoms in total. The lowest BCUT2D eigenvalue weighted by Crippen LogP contribution is -2.42. The number of morpholine rings is 1. The summed E-state index contributed by atoms with van der Waals surface area (Å²) in [4.78, 5) is 42.3. The summed E-state index contributed by atoms with van der Waals surface area (Å²) in [6.45, 7) is 3.53. The summed E-state index contributed by atoms with van der Waals surface area (Å²) in [6, 6.07) is 9.16. The van der Waals surface area contributed by atoms with E-state index in [9.17, 15) is 14.4 Å². The molecule has 3 heterocycles. The maximum absolute atomic E-state index is 13.3. The first-order valence-electron chi connectivity index (χ1n) is 10.3. The average Bonchev–Trinajstić information content (AvgIpc) is 3.37. The van der Waals surface area contributed by atoms with Crippen LogP contribution in [0.25, 0.3) is 0 Å². The van der Waals surface area contributed by atoms with Gasteiger partial charge in [-0.25, -0.2) is 0 Å². The number of nitrogens with zero attached hydrogens (tertiary/aromatic N) is 2. The Morgan fingerprint density at radius 3 is 2.68 bits per heavy atom. The molecule has 1 aliphatic carbocycles. The van der Waals surface area contributed by atoms with Crippen molar-refractivity contribution in [1.82, 2.24) is 5.32 Å². The zero-order chi connectivity index (χ0) is 21.8. The van der Waals surface area contributed by atoms with Crippen LogP contribution in [0.15, 0.2) is 34.1 Å². The number of carbonyl (C=O) groups excluding carboxylic acids is 3. The van der Waals surface area contributed by atoms with Gasteiger partial charge in [0.2, 0.25) is 5.91 Å². The largest absolute Gasteiger partial charge is 0.370 e. The molecule has 1 unspecified atom stereocenters. The first kappa shape index (κ1) is 20.7. The number of benzene rings is 1. The summed E-state index contributed by atoms with van der Waals surface area (Å²) in [5.41, 5.74) is 2.09. The Morgan fingerprint density at radius 2 is 2.03 bits per heavy atom. The molecule has 1 aromatic heterocycles. The normalized spacial score (nSPS) is 22.3. The fraction of sp³-hybridized carbons (Fsp3) is 0.409. The van der Waals surface area contributed by atoms with E-state index < -0.39 is 5.41 Å². The third kappa shape index (κ3) is 3.58. The molecule has 2 saturated heterocycles. The van der Waals surface area contributed by atoms with Gasteiger partial charge in [-0.05, 0) is 71.6 Å². The lowest BCUT2D eigenvalue weighted by molar-refractivity contribution is -0.125. The minimum absolute atomic E-state index is 0.0562. The van der Waals surface area contributed by atoms with E-state index >= 15 is 0 Å². The van der Waals surface area contributed by atoms with E-state index in [-0.39, 0.29) is 30.4 Å². The van der Waals surface area contributed by atoms with Crippen LogP contribution in [0.3, 0.4) is 0 Å². The summed E-state index contributed by atoms with van der Waals surface area (Å²) in [6.07, 6.45) is 1.58. The molecule has 1 aromatic carbocycles. The van der Waals surface area contributed by atoms with Crippen molar-refractivity contribution in [2.75, 3.05) is 36.1 Å². The molecule has 9 heteroatoms. The highest BCUT2D eigenvalue weighted by Gasteiger charge is 2.62. The third-order valence-electron chi connectivity index (χ3n) is 6.36. The van der Waals surface area contributed by atoms with Gasteiger partial charge >= 0.3 is 0 Å². The highest BCUT2D eigenvalue weighted by Crippen LogP contribution is 2.54. The number of rotatable bonds is 4. The second-order valence-electron chi connectivity index (χ2n) is 8.27. The van der Waals surface area contributed by atoms with Gasteiger partial charge in [-0.1, -0.05) is 0 Å². The summed E-state index contributed by atoms with van der Waals surface area (Å²) >= 11 is 4.77. The average molecular weight is 504 g/mol. The molecular weight excluding hydrogens is 482 g/mol. The van der Waals surface area contributed by atoms with Crippen LogP contribution in [0, 0.1) is 12.3 Å². The first-order chi connectivity index (χ1) is 14.9. The van der Waals surface area contributed by atoms with Gasteiger partial charge in [-0.3, -0.25) is 14.4 Å². The van der Waals surface area contributed by atoms with E-state index in [1.54, 1.807) is 15.9 Å². The minimum atomic E-state index is -0.489. The van der Waals surface area contributed by atoms with Gasteiger partial charge in [0.05, 0.1) is 26.7 Å².